The number of benzodiazepines with no additional fused rings is 1. The molecule has 3 rings (SSSR count). The molecule has 1 unspecified atom stereocenters. The standard InChI is InChI=1S/C20H20N4/c1-3-14(2)23-19-13-22-20(16-7-5-4-6-8-16)17-11-15(12-21)9-10-18(17)24-19/h1,7,9-11,14H,4-6,8,13H2,2H3,(H,23,24). The van der Waals surface area contributed by atoms with E-state index in [9.17, 15) is 5.26 Å². The Labute approximate surface area is 143 Å². The summed E-state index contributed by atoms with van der Waals surface area (Å²) in [6.07, 6.45) is 12.2. The molecule has 1 N–H and O–H groups in total. The monoisotopic (exact) mass is 316 g/mol. The minimum absolute atomic E-state index is 0.194. The second-order valence-corrected chi connectivity index (χ2v) is 6.06. The molecule has 0 fully saturated rings. The largest absolute Gasteiger partial charge is 0.342 e. The number of aliphatic imine (C=N–C) groups is 2. The Kier molecular flexibility index (Phi) is 4.77. The van der Waals surface area contributed by atoms with Gasteiger partial charge in [0.1, 0.15) is 11.9 Å². The van der Waals surface area contributed by atoms with Gasteiger partial charge in [0.15, 0.2) is 0 Å². The van der Waals surface area contributed by atoms with Crippen LogP contribution in [0.2, 0.25) is 0 Å². The summed E-state index contributed by atoms with van der Waals surface area (Å²) in [4.78, 5) is 9.32. The van der Waals surface area contributed by atoms with Crippen molar-refractivity contribution in [3.05, 3.63) is 41.0 Å². The molecule has 0 amide bonds. The van der Waals surface area contributed by atoms with Crippen LogP contribution in [-0.4, -0.2) is 24.1 Å². The number of nitriles is 1. The molecule has 0 spiro atoms. The number of hydrogen-bond donors (Lipinski definition) is 1. The van der Waals surface area contributed by atoms with E-state index in [1.165, 1.54) is 18.4 Å². The fraction of sp³-hybridized carbons (Fsp3) is 0.350. The number of rotatable bonds is 2. The van der Waals surface area contributed by atoms with Crippen LogP contribution in [0.25, 0.3) is 0 Å². The topological polar surface area (TPSA) is 60.5 Å². The van der Waals surface area contributed by atoms with Gasteiger partial charge in [-0.1, -0.05) is 12.0 Å². The van der Waals surface area contributed by atoms with Gasteiger partial charge in [-0.2, -0.15) is 5.26 Å². The lowest BCUT2D eigenvalue weighted by molar-refractivity contribution is 0.717. The fourth-order valence-corrected chi connectivity index (χ4v) is 3.02. The van der Waals surface area contributed by atoms with Crippen molar-refractivity contribution in [2.24, 2.45) is 9.98 Å². The second-order valence-electron chi connectivity index (χ2n) is 6.06. The molecule has 0 saturated carbocycles. The number of nitrogens with one attached hydrogen (secondary N) is 1. The summed E-state index contributed by atoms with van der Waals surface area (Å²) in [6, 6.07) is 7.66. The molecule has 1 heterocycles. The number of terminal acetylenes is 1. The van der Waals surface area contributed by atoms with E-state index in [4.69, 9.17) is 11.4 Å². The van der Waals surface area contributed by atoms with E-state index >= 15 is 0 Å². The van der Waals surface area contributed by atoms with Crippen LogP contribution in [0.15, 0.2) is 39.8 Å². The predicted octanol–water partition coefficient (Wildman–Crippen LogP) is 3.69. The normalized spacial score (nSPS) is 19.7. The van der Waals surface area contributed by atoms with Gasteiger partial charge in [0, 0.05) is 11.3 Å². The van der Waals surface area contributed by atoms with Crippen molar-refractivity contribution in [2.45, 2.75) is 38.6 Å². The van der Waals surface area contributed by atoms with Gasteiger partial charge in [0.2, 0.25) is 0 Å². The smallest absolute Gasteiger partial charge is 0.124 e. The van der Waals surface area contributed by atoms with Crippen LogP contribution in [0.1, 0.15) is 43.7 Å². The zero-order chi connectivity index (χ0) is 16.9. The molecule has 1 aromatic rings. The Morgan fingerprint density at radius 2 is 2.25 bits per heavy atom. The highest BCUT2D eigenvalue weighted by Crippen LogP contribution is 2.28. The summed E-state index contributed by atoms with van der Waals surface area (Å²) in [7, 11) is 0. The van der Waals surface area contributed by atoms with Crippen molar-refractivity contribution < 1.29 is 0 Å². The van der Waals surface area contributed by atoms with Crippen molar-refractivity contribution >= 4 is 17.2 Å². The van der Waals surface area contributed by atoms with Gasteiger partial charge in [-0.15, -0.1) is 6.42 Å². The predicted molar refractivity (Wildman–Crippen MR) is 98.5 cm³/mol. The maximum Gasteiger partial charge on any atom is 0.124 e. The summed E-state index contributed by atoms with van der Waals surface area (Å²) >= 11 is 0. The van der Waals surface area contributed by atoms with Crippen molar-refractivity contribution in [3.63, 3.8) is 0 Å². The minimum atomic E-state index is -0.194. The number of benzene rings is 1. The molecular weight excluding hydrogens is 296 g/mol. The number of nitrogens with zero attached hydrogens (tertiary/aromatic N) is 3. The molecule has 1 aliphatic heterocycles. The molecule has 0 aromatic heterocycles. The lowest BCUT2D eigenvalue weighted by atomic mass is 9.91. The molecule has 0 saturated heterocycles. The first-order valence-corrected chi connectivity index (χ1v) is 8.29. The fourth-order valence-electron chi connectivity index (χ4n) is 3.02. The molecule has 4 heteroatoms. The number of amidine groups is 1. The maximum atomic E-state index is 9.24. The maximum absolute atomic E-state index is 9.24. The van der Waals surface area contributed by atoms with Crippen LogP contribution in [-0.2, 0) is 0 Å². The number of hydrogen-bond acceptors (Lipinski definition) is 3. The highest BCUT2D eigenvalue weighted by Gasteiger charge is 2.20. The number of anilines is 1. The molecule has 24 heavy (non-hydrogen) atoms. The third kappa shape index (κ3) is 3.39. The Balaban J connectivity index is 2.08. The quantitative estimate of drug-likeness (QED) is 0.846. The van der Waals surface area contributed by atoms with Crippen LogP contribution in [0, 0.1) is 23.7 Å². The molecule has 0 bridgehead atoms. The van der Waals surface area contributed by atoms with Crippen LogP contribution in [0.3, 0.4) is 0 Å². The molecule has 120 valence electrons. The van der Waals surface area contributed by atoms with E-state index in [2.05, 4.69) is 28.4 Å². The van der Waals surface area contributed by atoms with Crippen molar-refractivity contribution in [1.82, 2.24) is 0 Å². The number of fused-ring (bicyclic) bond motifs is 1. The average Bonchev–Trinajstić information content (AvgIpc) is 2.80. The van der Waals surface area contributed by atoms with Crippen LogP contribution in [0.4, 0.5) is 5.69 Å². The third-order valence-corrected chi connectivity index (χ3v) is 4.26. The SMILES string of the molecule is C#CC(C)N=C1CN=C(C2=CCCCC2)c2cc(C#N)ccc2N1. The van der Waals surface area contributed by atoms with Crippen molar-refractivity contribution in [2.75, 3.05) is 11.9 Å². The van der Waals surface area contributed by atoms with Gasteiger partial charge in [-0.25, -0.2) is 0 Å². The summed E-state index contributed by atoms with van der Waals surface area (Å²) in [5, 5.41) is 12.6. The van der Waals surface area contributed by atoms with Crippen molar-refractivity contribution in [3.8, 4) is 18.4 Å². The van der Waals surface area contributed by atoms with E-state index in [-0.39, 0.29) is 6.04 Å². The average molecular weight is 316 g/mol. The van der Waals surface area contributed by atoms with Crippen LogP contribution < -0.4 is 5.32 Å². The molecular formula is C20H20N4. The van der Waals surface area contributed by atoms with E-state index in [0.717, 1.165) is 35.6 Å². The van der Waals surface area contributed by atoms with Gasteiger partial charge >= 0.3 is 0 Å². The summed E-state index contributed by atoms with van der Waals surface area (Å²) in [5.74, 6) is 3.38. The van der Waals surface area contributed by atoms with Gasteiger partial charge in [0.25, 0.3) is 0 Å². The Morgan fingerprint density at radius 1 is 1.38 bits per heavy atom. The third-order valence-electron chi connectivity index (χ3n) is 4.26. The second kappa shape index (κ2) is 7.15. The molecule has 2 aliphatic rings. The molecule has 0 radical (unpaired) electrons. The first kappa shape index (κ1) is 16.0. The van der Waals surface area contributed by atoms with Gasteiger partial charge in [-0.05, 0) is 56.4 Å². The molecule has 1 aliphatic carbocycles. The zero-order valence-electron chi connectivity index (χ0n) is 13.8. The zero-order valence-corrected chi connectivity index (χ0v) is 13.8. The van der Waals surface area contributed by atoms with E-state index in [1.807, 2.05) is 25.1 Å². The molecule has 4 nitrogen and oxygen atoms in total. The Morgan fingerprint density at radius 3 is 2.96 bits per heavy atom. The molecule has 1 aromatic carbocycles. The van der Waals surface area contributed by atoms with Crippen LogP contribution >= 0.6 is 0 Å². The molecule has 1 atom stereocenters. The first-order chi connectivity index (χ1) is 11.7. The lowest BCUT2D eigenvalue weighted by Gasteiger charge is -2.16. The van der Waals surface area contributed by atoms with Gasteiger partial charge in [-0.3, -0.25) is 9.98 Å². The summed E-state index contributed by atoms with van der Waals surface area (Å²) in [6.45, 7) is 2.35. The highest BCUT2D eigenvalue weighted by atomic mass is 15.0. The van der Waals surface area contributed by atoms with E-state index in [1.54, 1.807) is 0 Å². The first-order valence-electron chi connectivity index (χ1n) is 8.29. The van der Waals surface area contributed by atoms with Gasteiger partial charge < -0.3 is 5.32 Å². The number of allylic oxidation sites excluding steroid dienone is 2. The lowest BCUT2D eigenvalue weighted by Crippen LogP contribution is -2.17. The Bertz CT molecular complexity index is 815. The minimum Gasteiger partial charge on any atom is -0.342 e. The van der Waals surface area contributed by atoms with E-state index in [0.29, 0.717) is 12.1 Å². The van der Waals surface area contributed by atoms with Crippen LogP contribution in [0.5, 0.6) is 0 Å². The van der Waals surface area contributed by atoms with Crippen molar-refractivity contribution in [1.29, 1.82) is 5.26 Å². The van der Waals surface area contributed by atoms with Gasteiger partial charge in [0.05, 0.1) is 23.9 Å². The highest BCUT2D eigenvalue weighted by molar-refractivity contribution is 6.19. The Hall–Kier alpha value is -2.85. The summed E-state index contributed by atoms with van der Waals surface area (Å²) in [5.41, 5.74) is 4.79. The van der Waals surface area contributed by atoms with E-state index < -0.39 is 0 Å². The summed E-state index contributed by atoms with van der Waals surface area (Å²) < 4.78 is 0.